The molecule has 7 aromatic carbocycles. The van der Waals surface area contributed by atoms with Crippen LogP contribution in [0.5, 0.6) is 0 Å². The molecule has 0 N–H and O–H groups in total. The van der Waals surface area contributed by atoms with Crippen LogP contribution >= 0.6 is 0 Å². The Balaban J connectivity index is 1.17. The van der Waals surface area contributed by atoms with Crippen molar-refractivity contribution in [3.63, 3.8) is 0 Å². The van der Waals surface area contributed by atoms with E-state index in [1.165, 1.54) is 27.5 Å². The van der Waals surface area contributed by atoms with E-state index >= 15 is 0 Å². The molecule has 3 nitrogen and oxygen atoms in total. The molecule has 0 bridgehead atoms. The van der Waals surface area contributed by atoms with E-state index in [2.05, 4.69) is 181 Å². The molecule has 2 heterocycles. The molecule has 0 aliphatic heterocycles. The van der Waals surface area contributed by atoms with Gasteiger partial charge in [0.05, 0.1) is 5.69 Å². The van der Waals surface area contributed by atoms with Crippen LogP contribution in [0.25, 0.3) is 66.2 Å². The highest BCUT2D eigenvalue weighted by molar-refractivity contribution is 6.20. The normalized spacial score (nSPS) is 11.3. The Kier molecular flexibility index (Phi) is 6.80. The summed E-state index contributed by atoms with van der Waals surface area (Å²) in [5.41, 5.74) is 11.5. The fraction of sp³-hybridized carbons (Fsp3) is 0. The molecule has 9 rings (SSSR count). The van der Waals surface area contributed by atoms with E-state index in [1.807, 2.05) is 6.20 Å². The van der Waals surface area contributed by atoms with E-state index in [-0.39, 0.29) is 0 Å². The molecule has 0 spiro atoms. The molecule has 0 aliphatic rings. The zero-order chi connectivity index (χ0) is 31.9. The Morgan fingerprint density at radius 1 is 0.438 bits per heavy atom. The number of hydrogen-bond donors (Lipinski definition) is 0. The van der Waals surface area contributed by atoms with E-state index in [1.54, 1.807) is 0 Å². The van der Waals surface area contributed by atoms with Gasteiger partial charge in [0.15, 0.2) is 5.58 Å². The number of fused-ring (bicyclic) bond motifs is 5. The van der Waals surface area contributed by atoms with Gasteiger partial charge in [0.25, 0.3) is 0 Å². The Bertz CT molecular complexity index is 2540. The molecule has 9 aromatic rings. The van der Waals surface area contributed by atoms with E-state index < -0.39 is 0 Å². The minimum Gasteiger partial charge on any atom is -0.454 e. The van der Waals surface area contributed by atoms with Crippen molar-refractivity contribution < 1.29 is 4.42 Å². The fourth-order valence-corrected chi connectivity index (χ4v) is 6.84. The largest absolute Gasteiger partial charge is 0.454 e. The van der Waals surface area contributed by atoms with E-state index in [0.717, 1.165) is 55.8 Å². The molecule has 226 valence electrons. The number of nitrogens with zero attached hydrogens (tertiary/aromatic N) is 2. The highest BCUT2D eigenvalue weighted by atomic mass is 16.3. The van der Waals surface area contributed by atoms with Crippen molar-refractivity contribution >= 4 is 49.8 Å². The standard InChI is InChI=1S/C45H30N2O/c1-3-11-31(12-4-1)32-19-24-36(25-20-32)47(41-18-10-9-16-38(41)33-13-5-2-6-14-33)37-26-21-35(22-27-37)44-45-40(29-30-46-44)43-39-17-8-7-15-34(39)23-28-42(43)48-45/h1-30H. The number of hydrogen-bond acceptors (Lipinski definition) is 3. The third kappa shape index (κ3) is 4.81. The maximum absolute atomic E-state index is 6.50. The second-order valence-electron chi connectivity index (χ2n) is 12.0. The number of furan rings is 1. The van der Waals surface area contributed by atoms with Crippen LogP contribution in [-0.2, 0) is 0 Å². The summed E-state index contributed by atoms with van der Waals surface area (Å²) in [5.74, 6) is 0. The van der Waals surface area contributed by atoms with Crippen LogP contribution in [-0.4, -0.2) is 4.98 Å². The lowest BCUT2D eigenvalue weighted by Crippen LogP contribution is -2.11. The van der Waals surface area contributed by atoms with Crippen molar-refractivity contribution in [2.75, 3.05) is 4.90 Å². The Morgan fingerprint density at radius 3 is 1.79 bits per heavy atom. The number of benzene rings is 7. The van der Waals surface area contributed by atoms with Gasteiger partial charge in [-0.25, -0.2) is 0 Å². The van der Waals surface area contributed by atoms with Crippen molar-refractivity contribution in [2.45, 2.75) is 0 Å². The summed E-state index contributed by atoms with van der Waals surface area (Å²) in [4.78, 5) is 7.16. The Hall–Kier alpha value is -6.45. The first kappa shape index (κ1) is 27.8. The Morgan fingerprint density at radius 2 is 1.04 bits per heavy atom. The van der Waals surface area contributed by atoms with Crippen LogP contribution in [0.3, 0.4) is 0 Å². The third-order valence-corrected chi connectivity index (χ3v) is 9.14. The maximum Gasteiger partial charge on any atom is 0.161 e. The molecule has 0 saturated heterocycles. The van der Waals surface area contributed by atoms with Crippen LogP contribution in [0.15, 0.2) is 187 Å². The van der Waals surface area contributed by atoms with Gasteiger partial charge in [-0.3, -0.25) is 4.98 Å². The summed E-state index contributed by atoms with van der Waals surface area (Å²) in [6.07, 6.45) is 1.89. The Labute approximate surface area is 279 Å². The monoisotopic (exact) mass is 614 g/mol. The quantitative estimate of drug-likeness (QED) is 0.187. The van der Waals surface area contributed by atoms with Crippen LogP contribution in [0.2, 0.25) is 0 Å². The summed E-state index contributed by atoms with van der Waals surface area (Å²) in [6.45, 7) is 0. The van der Waals surface area contributed by atoms with Gasteiger partial charge in [-0.1, -0.05) is 133 Å². The first-order valence-corrected chi connectivity index (χ1v) is 16.2. The van der Waals surface area contributed by atoms with Crippen molar-refractivity contribution in [1.82, 2.24) is 4.98 Å². The van der Waals surface area contributed by atoms with Crippen molar-refractivity contribution in [3.05, 3.63) is 182 Å². The third-order valence-electron chi connectivity index (χ3n) is 9.14. The van der Waals surface area contributed by atoms with Gasteiger partial charge in [0.1, 0.15) is 11.3 Å². The molecule has 3 heteroatoms. The minimum atomic E-state index is 0.805. The molecule has 0 fully saturated rings. The number of rotatable bonds is 6. The smallest absolute Gasteiger partial charge is 0.161 e. The molecule has 0 aliphatic carbocycles. The summed E-state index contributed by atoms with van der Waals surface area (Å²) >= 11 is 0. The zero-order valence-corrected chi connectivity index (χ0v) is 26.1. The van der Waals surface area contributed by atoms with Crippen LogP contribution in [0.4, 0.5) is 17.1 Å². The molecule has 2 aromatic heterocycles. The molecule has 0 unspecified atom stereocenters. The number of aromatic nitrogens is 1. The minimum absolute atomic E-state index is 0.805. The van der Waals surface area contributed by atoms with Gasteiger partial charge in [0.2, 0.25) is 0 Å². The number of pyridine rings is 1. The lowest BCUT2D eigenvalue weighted by molar-refractivity contribution is 0.668. The van der Waals surface area contributed by atoms with Gasteiger partial charge in [-0.05, 0) is 69.9 Å². The number of anilines is 3. The second-order valence-corrected chi connectivity index (χ2v) is 12.0. The first-order chi connectivity index (χ1) is 23.8. The van der Waals surface area contributed by atoms with Gasteiger partial charge < -0.3 is 9.32 Å². The van der Waals surface area contributed by atoms with Crippen molar-refractivity contribution in [3.8, 4) is 33.5 Å². The predicted octanol–water partition coefficient (Wildman–Crippen LogP) is 12.6. The summed E-state index contributed by atoms with van der Waals surface area (Å²) in [5, 5.41) is 4.59. The van der Waals surface area contributed by atoms with Crippen LogP contribution < -0.4 is 4.90 Å². The van der Waals surface area contributed by atoms with Gasteiger partial charge in [-0.15, -0.1) is 0 Å². The SMILES string of the molecule is c1ccc(-c2ccc(N(c3ccc(-c4nccc5c4oc4ccc6ccccc6c45)cc3)c3ccccc3-c3ccccc3)cc2)cc1. The molecule has 0 saturated carbocycles. The highest BCUT2D eigenvalue weighted by Gasteiger charge is 2.19. The van der Waals surface area contributed by atoms with E-state index in [4.69, 9.17) is 9.40 Å². The van der Waals surface area contributed by atoms with E-state index in [0.29, 0.717) is 0 Å². The second kappa shape index (κ2) is 11.7. The van der Waals surface area contributed by atoms with Crippen molar-refractivity contribution in [2.24, 2.45) is 0 Å². The maximum atomic E-state index is 6.50. The molecule has 48 heavy (non-hydrogen) atoms. The first-order valence-electron chi connectivity index (χ1n) is 16.2. The number of para-hydroxylation sites is 1. The van der Waals surface area contributed by atoms with Crippen molar-refractivity contribution in [1.29, 1.82) is 0 Å². The summed E-state index contributed by atoms with van der Waals surface area (Å²) in [7, 11) is 0. The molecular weight excluding hydrogens is 585 g/mol. The molecular formula is C45H30N2O. The lowest BCUT2D eigenvalue weighted by atomic mass is 10.0. The van der Waals surface area contributed by atoms with Crippen LogP contribution in [0.1, 0.15) is 0 Å². The predicted molar refractivity (Wildman–Crippen MR) is 200 cm³/mol. The van der Waals surface area contributed by atoms with Gasteiger partial charge in [0, 0.05) is 39.5 Å². The lowest BCUT2D eigenvalue weighted by Gasteiger charge is -2.28. The molecule has 0 radical (unpaired) electrons. The van der Waals surface area contributed by atoms with Gasteiger partial charge >= 0.3 is 0 Å². The van der Waals surface area contributed by atoms with E-state index in [9.17, 15) is 0 Å². The fourth-order valence-electron chi connectivity index (χ4n) is 6.84. The summed E-state index contributed by atoms with van der Waals surface area (Å²) in [6, 6.07) is 61.9. The molecule has 0 amide bonds. The average Bonchev–Trinajstić information content (AvgIpc) is 3.56. The topological polar surface area (TPSA) is 29.3 Å². The average molecular weight is 615 g/mol. The zero-order valence-electron chi connectivity index (χ0n) is 26.1. The summed E-state index contributed by atoms with van der Waals surface area (Å²) < 4.78 is 6.50. The highest BCUT2D eigenvalue weighted by Crippen LogP contribution is 2.43. The van der Waals surface area contributed by atoms with Gasteiger partial charge in [-0.2, -0.15) is 0 Å². The molecule has 0 atom stereocenters. The van der Waals surface area contributed by atoms with Crippen LogP contribution in [0, 0.1) is 0 Å².